The van der Waals surface area contributed by atoms with E-state index in [2.05, 4.69) is 41.0 Å². The summed E-state index contributed by atoms with van der Waals surface area (Å²) in [6.07, 6.45) is 5.88. The average molecular weight is 363 g/mol. The zero-order valence-corrected chi connectivity index (χ0v) is 16.5. The quantitative estimate of drug-likeness (QED) is 0.833. The monoisotopic (exact) mass is 362 g/mol. The summed E-state index contributed by atoms with van der Waals surface area (Å²) in [6, 6.07) is 2.24. The Morgan fingerprint density at radius 2 is 2.00 bits per heavy atom. The summed E-state index contributed by atoms with van der Waals surface area (Å²) in [5.41, 5.74) is -0.0211. The second-order valence-electron chi connectivity index (χ2n) is 8.11. The highest BCUT2D eigenvalue weighted by molar-refractivity contribution is 5.75. The molecule has 26 heavy (non-hydrogen) atoms. The Morgan fingerprint density at radius 3 is 2.65 bits per heavy atom. The molecule has 0 spiro atoms. The lowest BCUT2D eigenvalue weighted by Crippen LogP contribution is -2.59. The first-order valence-corrected chi connectivity index (χ1v) is 9.99. The zero-order valence-electron chi connectivity index (χ0n) is 16.5. The smallest absolute Gasteiger partial charge is 0.317 e. The van der Waals surface area contributed by atoms with E-state index in [0.717, 1.165) is 58.7 Å². The predicted octanol–water partition coefficient (Wildman–Crippen LogP) is 1.47. The number of piperazine rings is 1. The summed E-state index contributed by atoms with van der Waals surface area (Å²) in [6.45, 7) is 14.5. The number of amides is 2. The van der Waals surface area contributed by atoms with Crippen molar-refractivity contribution in [2.45, 2.75) is 51.7 Å². The third-order valence-electron chi connectivity index (χ3n) is 5.94. The van der Waals surface area contributed by atoms with Crippen LogP contribution in [0.2, 0.25) is 0 Å². The van der Waals surface area contributed by atoms with Gasteiger partial charge >= 0.3 is 6.03 Å². The van der Waals surface area contributed by atoms with Crippen LogP contribution in [0, 0.1) is 0 Å². The Labute approximate surface area is 157 Å². The van der Waals surface area contributed by atoms with Gasteiger partial charge in [0.25, 0.3) is 0 Å². The minimum Gasteiger partial charge on any atom is -0.336 e. The van der Waals surface area contributed by atoms with E-state index in [4.69, 9.17) is 0 Å². The molecule has 2 saturated heterocycles. The van der Waals surface area contributed by atoms with E-state index in [-0.39, 0.29) is 17.6 Å². The van der Waals surface area contributed by atoms with Gasteiger partial charge in [-0.15, -0.1) is 0 Å². The molecule has 146 valence electrons. The number of likely N-dealkylation sites (tertiary alicyclic amines) is 1. The van der Waals surface area contributed by atoms with Crippen LogP contribution in [0.15, 0.2) is 18.5 Å². The summed E-state index contributed by atoms with van der Waals surface area (Å²) >= 11 is 0. The molecular formula is C19H34N6O. The third-order valence-corrected chi connectivity index (χ3v) is 5.94. The van der Waals surface area contributed by atoms with Gasteiger partial charge in [0.15, 0.2) is 0 Å². The average Bonchev–Trinajstić information content (AvgIpc) is 3.32. The molecule has 3 rings (SSSR count). The summed E-state index contributed by atoms with van der Waals surface area (Å²) in [5, 5.41) is 7.48. The molecular weight excluding hydrogens is 328 g/mol. The number of hydrogen-bond donors (Lipinski definition) is 1. The summed E-state index contributed by atoms with van der Waals surface area (Å²) < 4.78 is 1.92. The maximum Gasteiger partial charge on any atom is 0.317 e. The van der Waals surface area contributed by atoms with Crippen molar-refractivity contribution in [2.75, 3.05) is 45.8 Å². The number of nitrogens with zero attached hydrogens (tertiary/aromatic N) is 5. The lowest BCUT2D eigenvalue weighted by molar-refractivity contribution is 0.0544. The zero-order chi connectivity index (χ0) is 18.6. The van der Waals surface area contributed by atoms with Crippen LogP contribution in [0.25, 0.3) is 0 Å². The number of aromatic nitrogens is 2. The Hall–Kier alpha value is -1.60. The second kappa shape index (κ2) is 8.39. The van der Waals surface area contributed by atoms with Gasteiger partial charge in [0.2, 0.25) is 0 Å². The van der Waals surface area contributed by atoms with E-state index < -0.39 is 0 Å². The number of likely N-dealkylation sites (N-methyl/N-ethyl adjacent to an activating group) is 1. The maximum absolute atomic E-state index is 12.8. The highest BCUT2D eigenvalue weighted by Gasteiger charge is 2.33. The van der Waals surface area contributed by atoms with E-state index in [0.29, 0.717) is 6.54 Å². The van der Waals surface area contributed by atoms with Gasteiger partial charge in [0.1, 0.15) is 0 Å². The van der Waals surface area contributed by atoms with E-state index in [9.17, 15) is 4.79 Å². The van der Waals surface area contributed by atoms with E-state index in [1.165, 1.54) is 0 Å². The normalized spacial score (nSPS) is 22.7. The molecule has 0 saturated carbocycles. The minimum atomic E-state index is -0.0211. The summed E-state index contributed by atoms with van der Waals surface area (Å²) in [7, 11) is 0. The molecule has 0 radical (unpaired) electrons. The molecule has 0 unspecified atom stereocenters. The molecule has 0 bridgehead atoms. The molecule has 7 heteroatoms. The fraction of sp³-hybridized carbons (Fsp3) is 0.789. The Kier molecular flexibility index (Phi) is 6.19. The Bertz CT molecular complexity index is 565. The number of carbonyl (C=O) groups is 1. The summed E-state index contributed by atoms with van der Waals surface area (Å²) in [4.78, 5) is 19.7. The maximum atomic E-state index is 12.8. The van der Waals surface area contributed by atoms with Crippen LogP contribution < -0.4 is 5.32 Å². The molecule has 2 fully saturated rings. The van der Waals surface area contributed by atoms with Gasteiger partial charge in [-0.2, -0.15) is 5.10 Å². The molecule has 3 heterocycles. The van der Waals surface area contributed by atoms with Gasteiger partial charge in [0.05, 0.1) is 12.6 Å². The number of nitrogens with one attached hydrogen (secondary N) is 1. The van der Waals surface area contributed by atoms with Gasteiger partial charge in [0, 0.05) is 57.2 Å². The first-order chi connectivity index (χ1) is 12.5. The van der Waals surface area contributed by atoms with Gasteiger partial charge in [-0.1, -0.05) is 6.92 Å². The van der Waals surface area contributed by atoms with Crippen LogP contribution in [-0.4, -0.2) is 87.9 Å². The Balaban J connectivity index is 1.49. The summed E-state index contributed by atoms with van der Waals surface area (Å²) in [5.74, 6) is 0. The van der Waals surface area contributed by atoms with Crippen LogP contribution in [0.1, 0.15) is 33.6 Å². The molecule has 0 aromatic carbocycles. The van der Waals surface area contributed by atoms with Gasteiger partial charge < -0.3 is 15.1 Å². The number of rotatable bonds is 6. The topological polar surface area (TPSA) is 56.6 Å². The lowest BCUT2D eigenvalue weighted by Gasteiger charge is -2.44. The van der Waals surface area contributed by atoms with E-state index in [1.54, 1.807) is 6.20 Å². The minimum absolute atomic E-state index is 0.0211. The Morgan fingerprint density at radius 1 is 1.23 bits per heavy atom. The van der Waals surface area contributed by atoms with Crippen molar-refractivity contribution in [3.8, 4) is 0 Å². The van der Waals surface area contributed by atoms with Crippen molar-refractivity contribution < 1.29 is 4.79 Å². The van der Waals surface area contributed by atoms with Gasteiger partial charge in [-0.3, -0.25) is 9.58 Å². The van der Waals surface area contributed by atoms with Crippen LogP contribution in [0.5, 0.6) is 0 Å². The van der Waals surface area contributed by atoms with Gasteiger partial charge in [-0.25, -0.2) is 4.79 Å². The van der Waals surface area contributed by atoms with Crippen LogP contribution in [0.4, 0.5) is 4.79 Å². The largest absolute Gasteiger partial charge is 0.336 e. The standard InChI is InChI=1S/C19H34N6O/c1-4-22-11-13-23(14-12-22)19(2,3)16-20-18(26)25-10-5-7-17(25)15-24-9-6-8-21-24/h6,8-9,17H,4-5,7,10-16H2,1-3H3,(H,20,26)/t17-/m1/s1. The molecule has 1 atom stereocenters. The van der Waals surface area contributed by atoms with Crippen molar-refractivity contribution in [1.29, 1.82) is 0 Å². The second-order valence-corrected chi connectivity index (χ2v) is 8.11. The fourth-order valence-electron chi connectivity index (χ4n) is 4.09. The molecule has 1 aromatic heterocycles. The van der Waals surface area contributed by atoms with Gasteiger partial charge in [-0.05, 0) is 39.3 Å². The molecule has 2 aliphatic heterocycles. The van der Waals surface area contributed by atoms with E-state index in [1.807, 2.05) is 21.8 Å². The van der Waals surface area contributed by atoms with Crippen molar-refractivity contribution in [3.63, 3.8) is 0 Å². The molecule has 1 aromatic rings. The van der Waals surface area contributed by atoms with Crippen molar-refractivity contribution in [3.05, 3.63) is 18.5 Å². The van der Waals surface area contributed by atoms with Crippen LogP contribution in [0.3, 0.4) is 0 Å². The number of urea groups is 1. The fourth-order valence-corrected chi connectivity index (χ4v) is 4.09. The lowest BCUT2D eigenvalue weighted by atomic mass is 10.0. The molecule has 2 amide bonds. The molecule has 2 aliphatic rings. The predicted molar refractivity (Wildman–Crippen MR) is 103 cm³/mol. The highest BCUT2D eigenvalue weighted by Crippen LogP contribution is 2.20. The van der Waals surface area contributed by atoms with E-state index >= 15 is 0 Å². The molecule has 0 aliphatic carbocycles. The third kappa shape index (κ3) is 4.57. The first kappa shape index (κ1) is 19.2. The van der Waals surface area contributed by atoms with Crippen molar-refractivity contribution >= 4 is 6.03 Å². The SMILES string of the molecule is CCN1CCN(C(C)(C)CNC(=O)N2CCC[C@@H]2Cn2cccn2)CC1. The van der Waals surface area contributed by atoms with Crippen molar-refractivity contribution in [1.82, 2.24) is 29.8 Å². The van der Waals surface area contributed by atoms with Crippen LogP contribution in [-0.2, 0) is 6.54 Å². The molecule has 7 nitrogen and oxygen atoms in total. The van der Waals surface area contributed by atoms with Crippen molar-refractivity contribution in [2.24, 2.45) is 0 Å². The highest BCUT2D eigenvalue weighted by atomic mass is 16.2. The first-order valence-electron chi connectivity index (χ1n) is 9.99. The number of hydrogen-bond acceptors (Lipinski definition) is 4. The number of carbonyl (C=O) groups excluding carboxylic acids is 1. The molecule has 1 N–H and O–H groups in total. The van der Waals surface area contributed by atoms with Crippen LogP contribution >= 0.6 is 0 Å².